The van der Waals surface area contributed by atoms with Crippen molar-refractivity contribution in [2.75, 3.05) is 5.32 Å². The number of nitrogens with zero attached hydrogens (tertiary/aromatic N) is 2. The summed E-state index contributed by atoms with van der Waals surface area (Å²) in [6.07, 6.45) is 2.39. The highest BCUT2D eigenvalue weighted by Crippen LogP contribution is 2.37. The molecule has 0 saturated heterocycles. The van der Waals surface area contributed by atoms with Gasteiger partial charge in [-0.25, -0.2) is 14.3 Å². The van der Waals surface area contributed by atoms with E-state index in [1.165, 1.54) is 10.9 Å². The third kappa shape index (κ3) is 3.08. The first-order valence-electron chi connectivity index (χ1n) is 6.93. The zero-order chi connectivity index (χ0) is 15.5. The first-order valence-corrected chi connectivity index (χ1v) is 6.93. The Labute approximate surface area is 126 Å². The Morgan fingerprint density at radius 1 is 1.32 bits per heavy atom. The molecular formula is C15H15N3O4. The number of carbonyl (C=O) groups excluding carboxylic acids is 1. The van der Waals surface area contributed by atoms with Crippen LogP contribution in [-0.2, 0) is 11.3 Å². The van der Waals surface area contributed by atoms with Crippen LogP contribution in [-0.4, -0.2) is 26.9 Å². The second-order valence-corrected chi connectivity index (χ2v) is 5.07. The fourth-order valence-electron chi connectivity index (χ4n) is 2.10. The summed E-state index contributed by atoms with van der Waals surface area (Å²) in [4.78, 5) is 23.1. The van der Waals surface area contributed by atoms with Gasteiger partial charge in [-0.05, 0) is 18.4 Å². The Kier molecular flexibility index (Phi) is 3.78. The molecule has 1 aliphatic rings. The Hall–Kier alpha value is -2.83. The number of carboxylic acids is 1. The summed E-state index contributed by atoms with van der Waals surface area (Å²) < 4.78 is 6.64. The Morgan fingerprint density at radius 2 is 2.05 bits per heavy atom. The average Bonchev–Trinajstić information content (AvgIpc) is 3.27. The van der Waals surface area contributed by atoms with E-state index < -0.39 is 12.1 Å². The lowest BCUT2D eigenvalue weighted by Crippen LogP contribution is -2.18. The third-order valence-corrected chi connectivity index (χ3v) is 3.35. The van der Waals surface area contributed by atoms with E-state index in [0.717, 1.165) is 18.4 Å². The van der Waals surface area contributed by atoms with Gasteiger partial charge in [-0.2, -0.15) is 5.10 Å². The van der Waals surface area contributed by atoms with Gasteiger partial charge in [0.2, 0.25) is 0 Å². The molecule has 1 aliphatic carbocycles. The fraction of sp³-hybridized carbons (Fsp3) is 0.267. The molecule has 1 heterocycles. The smallest absolute Gasteiger partial charge is 0.413 e. The van der Waals surface area contributed by atoms with Crippen molar-refractivity contribution >= 4 is 17.9 Å². The van der Waals surface area contributed by atoms with Crippen LogP contribution in [0.1, 0.15) is 34.8 Å². The summed E-state index contributed by atoms with van der Waals surface area (Å²) in [5.41, 5.74) is 0.815. The number of rotatable bonds is 5. The largest absolute Gasteiger partial charge is 0.477 e. The van der Waals surface area contributed by atoms with E-state index in [2.05, 4.69) is 10.4 Å². The van der Waals surface area contributed by atoms with Crippen LogP contribution in [0.5, 0.6) is 0 Å². The monoisotopic (exact) mass is 301 g/mol. The Bertz CT molecular complexity index is 692. The van der Waals surface area contributed by atoms with Gasteiger partial charge in [0.1, 0.15) is 18.0 Å². The molecule has 7 heteroatoms. The standard InChI is InChI=1S/C15H15N3O4/c19-14(20)12-8-16-18(11-6-7-11)13(12)17-15(21)22-9-10-4-2-1-3-5-10/h1-5,8,11H,6-7,9H2,(H,17,21)(H,19,20). The number of hydrogen-bond acceptors (Lipinski definition) is 4. The molecule has 0 aliphatic heterocycles. The maximum atomic E-state index is 11.9. The van der Waals surface area contributed by atoms with Crippen LogP contribution in [0, 0.1) is 0 Å². The second-order valence-electron chi connectivity index (χ2n) is 5.07. The summed E-state index contributed by atoms with van der Waals surface area (Å²) in [5.74, 6) is -0.960. The number of aromatic carboxylic acids is 1. The lowest BCUT2D eigenvalue weighted by molar-refractivity contribution is 0.0698. The molecule has 114 valence electrons. The van der Waals surface area contributed by atoms with E-state index >= 15 is 0 Å². The van der Waals surface area contributed by atoms with E-state index in [1.807, 2.05) is 30.3 Å². The number of nitrogens with one attached hydrogen (secondary N) is 1. The first-order chi connectivity index (χ1) is 10.6. The molecule has 0 radical (unpaired) electrons. The molecule has 2 aromatic rings. The maximum absolute atomic E-state index is 11.9. The minimum atomic E-state index is -1.13. The summed E-state index contributed by atoms with van der Waals surface area (Å²) in [5, 5.41) is 15.7. The van der Waals surface area contributed by atoms with Crippen molar-refractivity contribution in [3.05, 3.63) is 47.7 Å². The van der Waals surface area contributed by atoms with Crippen molar-refractivity contribution < 1.29 is 19.4 Å². The van der Waals surface area contributed by atoms with Gasteiger partial charge in [-0.15, -0.1) is 0 Å². The summed E-state index contributed by atoms with van der Waals surface area (Å²) in [6.45, 7) is 0.118. The Balaban J connectivity index is 1.68. The van der Waals surface area contributed by atoms with Gasteiger partial charge in [0.15, 0.2) is 0 Å². The summed E-state index contributed by atoms with van der Waals surface area (Å²) in [6, 6.07) is 9.39. The van der Waals surface area contributed by atoms with Crippen molar-refractivity contribution in [2.24, 2.45) is 0 Å². The molecule has 0 unspecified atom stereocenters. The SMILES string of the molecule is O=C(Nc1c(C(=O)O)cnn1C1CC1)OCc1ccccc1. The molecule has 1 aromatic carbocycles. The van der Waals surface area contributed by atoms with Crippen LogP contribution >= 0.6 is 0 Å². The molecule has 1 amide bonds. The third-order valence-electron chi connectivity index (χ3n) is 3.35. The number of carbonyl (C=O) groups is 2. The molecule has 22 heavy (non-hydrogen) atoms. The topological polar surface area (TPSA) is 93.5 Å². The molecule has 1 fully saturated rings. The van der Waals surface area contributed by atoms with Crippen molar-refractivity contribution in [3.8, 4) is 0 Å². The van der Waals surface area contributed by atoms with Crippen LogP contribution in [0.4, 0.5) is 10.6 Å². The van der Waals surface area contributed by atoms with Crippen LogP contribution in [0.2, 0.25) is 0 Å². The molecular weight excluding hydrogens is 286 g/mol. The van der Waals surface area contributed by atoms with Crippen LogP contribution in [0.15, 0.2) is 36.5 Å². The second kappa shape index (κ2) is 5.88. The van der Waals surface area contributed by atoms with Gasteiger partial charge in [-0.3, -0.25) is 5.32 Å². The summed E-state index contributed by atoms with van der Waals surface area (Å²) >= 11 is 0. The number of amides is 1. The zero-order valence-corrected chi connectivity index (χ0v) is 11.7. The minimum Gasteiger partial charge on any atom is -0.477 e. The van der Waals surface area contributed by atoms with Gasteiger partial charge in [0, 0.05) is 0 Å². The van der Waals surface area contributed by atoms with Crippen molar-refractivity contribution in [1.82, 2.24) is 9.78 Å². The maximum Gasteiger partial charge on any atom is 0.413 e. The molecule has 2 N–H and O–H groups in total. The number of aromatic nitrogens is 2. The van der Waals surface area contributed by atoms with E-state index in [0.29, 0.717) is 0 Å². The highest BCUT2D eigenvalue weighted by molar-refractivity contribution is 5.97. The number of anilines is 1. The number of ether oxygens (including phenoxy) is 1. The van der Waals surface area contributed by atoms with Crippen molar-refractivity contribution in [3.63, 3.8) is 0 Å². The predicted octanol–water partition coefficient (Wildman–Crippen LogP) is 2.66. The van der Waals surface area contributed by atoms with Gasteiger partial charge in [-0.1, -0.05) is 30.3 Å². The average molecular weight is 301 g/mol. The lowest BCUT2D eigenvalue weighted by Gasteiger charge is -2.10. The van der Waals surface area contributed by atoms with Gasteiger partial charge in [0.05, 0.1) is 12.2 Å². The molecule has 1 saturated carbocycles. The Morgan fingerprint density at radius 3 is 2.68 bits per heavy atom. The molecule has 1 aromatic heterocycles. The first kappa shape index (κ1) is 14.1. The van der Waals surface area contributed by atoms with E-state index in [1.54, 1.807) is 0 Å². The van der Waals surface area contributed by atoms with Crippen molar-refractivity contribution in [1.29, 1.82) is 0 Å². The van der Waals surface area contributed by atoms with Crippen molar-refractivity contribution in [2.45, 2.75) is 25.5 Å². The predicted molar refractivity (Wildman–Crippen MR) is 77.7 cm³/mol. The molecule has 0 spiro atoms. The van der Waals surface area contributed by atoms with Crippen LogP contribution in [0.25, 0.3) is 0 Å². The molecule has 7 nitrogen and oxygen atoms in total. The minimum absolute atomic E-state index is 0.0384. The van der Waals surface area contributed by atoms with Crippen LogP contribution < -0.4 is 5.32 Å². The van der Waals surface area contributed by atoms with Crippen LogP contribution in [0.3, 0.4) is 0 Å². The van der Waals surface area contributed by atoms with Gasteiger partial charge >= 0.3 is 12.1 Å². The number of benzene rings is 1. The zero-order valence-electron chi connectivity index (χ0n) is 11.7. The highest BCUT2D eigenvalue weighted by Gasteiger charge is 2.30. The molecule has 0 bridgehead atoms. The van der Waals surface area contributed by atoms with Gasteiger partial charge < -0.3 is 9.84 Å². The number of hydrogen-bond donors (Lipinski definition) is 2. The van der Waals surface area contributed by atoms with E-state index in [-0.39, 0.29) is 24.0 Å². The molecule has 0 atom stereocenters. The normalized spacial score (nSPS) is 13.6. The molecule has 3 rings (SSSR count). The lowest BCUT2D eigenvalue weighted by atomic mass is 10.2. The quantitative estimate of drug-likeness (QED) is 0.885. The fourth-order valence-corrected chi connectivity index (χ4v) is 2.10. The van der Waals surface area contributed by atoms with E-state index in [4.69, 9.17) is 9.84 Å². The highest BCUT2D eigenvalue weighted by atomic mass is 16.5. The van der Waals surface area contributed by atoms with Gasteiger partial charge in [0.25, 0.3) is 0 Å². The summed E-state index contributed by atoms with van der Waals surface area (Å²) in [7, 11) is 0. The van der Waals surface area contributed by atoms with E-state index in [9.17, 15) is 9.59 Å². The number of carboxylic acid groups (broad SMARTS) is 1.